The third-order valence-electron chi connectivity index (χ3n) is 2.22. The van der Waals surface area contributed by atoms with Crippen molar-refractivity contribution in [1.29, 1.82) is 0 Å². The van der Waals surface area contributed by atoms with Gasteiger partial charge in [-0.1, -0.05) is 0 Å². The third kappa shape index (κ3) is 2.86. The lowest BCUT2D eigenvalue weighted by atomic mass is 10.3. The Labute approximate surface area is 76.3 Å². The van der Waals surface area contributed by atoms with Gasteiger partial charge in [-0.2, -0.15) is 0 Å². The third-order valence-corrected chi connectivity index (χ3v) is 2.22. The summed E-state index contributed by atoms with van der Waals surface area (Å²) in [5, 5.41) is 8.98. The predicted octanol–water partition coefficient (Wildman–Crippen LogP) is -0.0145. The van der Waals surface area contributed by atoms with E-state index in [9.17, 15) is 8.78 Å². The van der Waals surface area contributed by atoms with Crippen molar-refractivity contribution in [3.05, 3.63) is 0 Å². The van der Waals surface area contributed by atoms with Crippen LogP contribution in [-0.2, 0) is 4.74 Å². The fourth-order valence-electron chi connectivity index (χ4n) is 1.53. The summed E-state index contributed by atoms with van der Waals surface area (Å²) in [6, 6.07) is 0. The van der Waals surface area contributed by atoms with Gasteiger partial charge < -0.3 is 9.84 Å². The first-order valence-electron chi connectivity index (χ1n) is 4.30. The number of likely N-dealkylation sites (tertiary alicyclic amines) is 1. The van der Waals surface area contributed by atoms with Crippen LogP contribution in [0.2, 0.25) is 0 Å². The summed E-state index contributed by atoms with van der Waals surface area (Å²) in [7, 11) is 1.45. The van der Waals surface area contributed by atoms with Crippen LogP contribution in [0.5, 0.6) is 0 Å². The number of β-amino-alcohol motifs (C(OH)–C–C–N with tert-alkyl or cyclic N) is 1. The first kappa shape index (κ1) is 10.8. The van der Waals surface area contributed by atoms with E-state index in [0.29, 0.717) is 6.54 Å². The number of aliphatic hydroxyl groups excluding tert-OH is 1. The summed E-state index contributed by atoms with van der Waals surface area (Å²) < 4.78 is 29.8. The Balaban J connectivity index is 2.31. The van der Waals surface area contributed by atoms with E-state index in [0.717, 1.165) is 0 Å². The summed E-state index contributed by atoms with van der Waals surface area (Å²) in [5.74, 6) is 0. The van der Waals surface area contributed by atoms with E-state index < -0.39 is 25.1 Å². The topological polar surface area (TPSA) is 32.7 Å². The van der Waals surface area contributed by atoms with Crippen LogP contribution in [0.3, 0.4) is 0 Å². The van der Waals surface area contributed by atoms with Crippen LogP contribution in [0.15, 0.2) is 0 Å². The summed E-state index contributed by atoms with van der Waals surface area (Å²) >= 11 is 0. The van der Waals surface area contributed by atoms with Gasteiger partial charge in [-0.3, -0.25) is 4.90 Å². The maximum Gasteiger partial charge on any atom is 0.140 e. The zero-order valence-electron chi connectivity index (χ0n) is 7.62. The summed E-state index contributed by atoms with van der Waals surface area (Å²) in [5.41, 5.74) is 0. The summed E-state index contributed by atoms with van der Waals surface area (Å²) in [4.78, 5) is 1.67. The van der Waals surface area contributed by atoms with Crippen molar-refractivity contribution in [1.82, 2.24) is 4.90 Å². The quantitative estimate of drug-likeness (QED) is 0.684. The Morgan fingerprint density at radius 2 is 2.31 bits per heavy atom. The first-order valence-corrected chi connectivity index (χ1v) is 4.30. The normalized spacial score (nSPS) is 32.3. The number of rotatable bonds is 4. The lowest BCUT2D eigenvalue weighted by Gasteiger charge is -2.17. The molecule has 5 heteroatoms. The Hall–Kier alpha value is -0.260. The standard InChI is InChI=1S/C8H15F2NO2/c1-13-8-5-11(4-7(8)10)3-6(12)2-9/h6-8,12H,2-5H2,1H3. The van der Waals surface area contributed by atoms with Crippen LogP contribution in [0.1, 0.15) is 0 Å². The zero-order chi connectivity index (χ0) is 9.84. The lowest BCUT2D eigenvalue weighted by Crippen LogP contribution is -2.32. The van der Waals surface area contributed by atoms with Gasteiger partial charge in [-0.05, 0) is 0 Å². The summed E-state index contributed by atoms with van der Waals surface area (Å²) in [6.45, 7) is 0.0339. The van der Waals surface area contributed by atoms with Crippen molar-refractivity contribution >= 4 is 0 Å². The van der Waals surface area contributed by atoms with Crippen LogP contribution in [-0.4, -0.2) is 61.8 Å². The lowest BCUT2D eigenvalue weighted by molar-refractivity contribution is 0.0584. The maximum absolute atomic E-state index is 13.1. The van der Waals surface area contributed by atoms with Crippen molar-refractivity contribution in [2.45, 2.75) is 18.4 Å². The molecule has 0 spiro atoms. The van der Waals surface area contributed by atoms with Gasteiger partial charge in [0.25, 0.3) is 0 Å². The molecule has 0 aliphatic carbocycles. The molecule has 1 aliphatic rings. The first-order chi connectivity index (χ1) is 6.17. The van der Waals surface area contributed by atoms with Gasteiger partial charge in [0, 0.05) is 26.7 Å². The fraction of sp³-hybridized carbons (Fsp3) is 1.00. The SMILES string of the molecule is COC1CN(CC(O)CF)CC1F. The molecule has 0 aromatic carbocycles. The second kappa shape index (κ2) is 4.83. The van der Waals surface area contributed by atoms with Crippen molar-refractivity contribution in [3.63, 3.8) is 0 Å². The highest BCUT2D eigenvalue weighted by Gasteiger charge is 2.33. The van der Waals surface area contributed by atoms with Crippen molar-refractivity contribution in [3.8, 4) is 0 Å². The number of ether oxygens (including phenoxy) is 1. The molecular formula is C8H15F2NO2. The van der Waals surface area contributed by atoms with Gasteiger partial charge >= 0.3 is 0 Å². The highest BCUT2D eigenvalue weighted by Crippen LogP contribution is 2.16. The average molecular weight is 195 g/mol. The van der Waals surface area contributed by atoms with Gasteiger partial charge in [-0.15, -0.1) is 0 Å². The molecule has 1 N–H and O–H groups in total. The molecular weight excluding hydrogens is 180 g/mol. The monoisotopic (exact) mass is 195 g/mol. The minimum absolute atomic E-state index is 0.177. The Morgan fingerprint density at radius 3 is 2.77 bits per heavy atom. The Morgan fingerprint density at radius 1 is 1.62 bits per heavy atom. The predicted molar refractivity (Wildman–Crippen MR) is 44.1 cm³/mol. The molecule has 0 amide bonds. The molecule has 3 nitrogen and oxygen atoms in total. The van der Waals surface area contributed by atoms with Gasteiger partial charge in [0.1, 0.15) is 19.0 Å². The smallest absolute Gasteiger partial charge is 0.140 e. The van der Waals surface area contributed by atoms with Crippen LogP contribution in [0.25, 0.3) is 0 Å². The van der Waals surface area contributed by atoms with E-state index in [4.69, 9.17) is 9.84 Å². The Kier molecular flexibility index (Phi) is 4.02. The van der Waals surface area contributed by atoms with Crippen molar-refractivity contribution in [2.24, 2.45) is 0 Å². The van der Waals surface area contributed by atoms with Gasteiger partial charge in [0.2, 0.25) is 0 Å². The average Bonchev–Trinajstić information content (AvgIpc) is 2.46. The summed E-state index contributed by atoms with van der Waals surface area (Å²) in [6.07, 6.45) is -2.48. The molecule has 0 aromatic heterocycles. The molecule has 3 unspecified atom stereocenters. The highest BCUT2D eigenvalue weighted by molar-refractivity contribution is 4.85. The molecule has 13 heavy (non-hydrogen) atoms. The maximum atomic E-state index is 13.1. The van der Waals surface area contributed by atoms with Crippen molar-refractivity contribution < 1.29 is 18.6 Å². The molecule has 1 aliphatic heterocycles. The number of methoxy groups -OCH3 is 1. The number of halogens is 2. The van der Waals surface area contributed by atoms with E-state index in [1.54, 1.807) is 4.90 Å². The van der Waals surface area contributed by atoms with Crippen LogP contribution in [0, 0.1) is 0 Å². The van der Waals surface area contributed by atoms with E-state index >= 15 is 0 Å². The second-order valence-corrected chi connectivity index (χ2v) is 3.32. The van der Waals surface area contributed by atoms with E-state index in [1.165, 1.54) is 7.11 Å². The minimum Gasteiger partial charge on any atom is -0.389 e. The van der Waals surface area contributed by atoms with E-state index in [2.05, 4.69) is 0 Å². The zero-order valence-corrected chi connectivity index (χ0v) is 7.62. The number of aliphatic hydroxyl groups is 1. The van der Waals surface area contributed by atoms with Crippen LogP contribution >= 0.6 is 0 Å². The van der Waals surface area contributed by atoms with Crippen LogP contribution in [0.4, 0.5) is 8.78 Å². The molecule has 1 rings (SSSR count). The number of alkyl halides is 2. The molecule has 1 saturated heterocycles. The fourth-order valence-corrected chi connectivity index (χ4v) is 1.53. The second-order valence-electron chi connectivity index (χ2n) is 3.32. The van der Waals surface area contributed by atoms with Crippen LogP contribution < -0.4 is 0 Å². The molecule has 0 saturated carbocycles. The van der Waals surface area contributed by atoms with E-state index in [-0.39, 0.29) is 13.1 Å². The van der Waals surface area contributed by atoms with Gasteiger partial charge in [0.05, 0.1) is 6.10 Å². The molecule has 1 fully saturated rings. The molecule has 3 atom stereocenters. The molecule has 0 radical (unpaired) electrons. The highest BCUT2D eigenvalue weighted by atomic mass is 19.1. The minimum atomic E-state index is -1.03. The Bertz CT molecular complexity index is 157. The van der Waals surface area contributed by atoms with Gasteiger partial charge in [0.15, 0.2) is 0 Å². The molecule has 78 valence electrons. The number of nitrogens with zero attached hydrogens (tertiary/aromatic N) is 1. The largest absolute Gasteiger partial charge is 0.389 e. The number of hydrogen-bond donors (Lipinski definition) is 1. The van der Waals surface area contributed by atoms with Crippen molar-refractivity contribution in [2.75, 3.05) is 33.4 Å². The van der Waals surface area contributed by atoms with E-state index in [1.807, 2.05) is 0 Å². The number of hydrogen-bond acceptors (Lipinski definition) is 3. The molecule has 1 heterocycles. The molecule has 0 aromatic rings. The van der Waals surface area contributed by atoms with Gasteiger partial charge in [-0.25, -0.2) is 8.78 Å². The molecule has 0 bridgehead atoms.